The van der Waals surface area contributed by atoms with Gasteiger partial charge in [0, 0.05) is 5.69 Å². The van der Waals surface area contributed by atoms with E-state index in [1.54, 1.807) is 12.1 Å². The van der Waals surface area contributed by atoms with E-state index in [0.717, 1.165) is 12.1 Å². The van der Waals surface area contributed by atoms with Crippen LogP contribution < -0.4 is 10.1 Å². The molecule has 16 heavy (non-hydrogen) atoms. The van der Waals surface area contributed by atoms with Gasteiger partial charge in [0.15, 0.2) is 0 Å². The summed E-state index contributed by atoms with van der Waals surface area (Å²) in [6, 6.07) is 6.19. The van der Waals surface area contributed by atoms with Crippen LogP contribution in [0.25, 0.3) is 0 Å². The first-order valence-electron chi connectivity index (χ1n) is 4.93. The molecule has 0 aliphatic rings. The Kier molecular flexibility index (Phi) is 4.59. The summed E-state index contributed by atoms with van der Waals surface area (Å²) >= 11 is 0. The number of benzene rings is 1. The molecule has 1 N–H and O–H groups in total. The Bertz CT molecular complexity index is 356. The largest absolute Gasteiger partial charge is 0.435 e. The topological polar surface area (TPSA) is 21.3 Å². The number of terminal acetylenes is 1. The zero-order valence-electron chi connectivity index (χ0n) is 8.91. The molecule has 0 saturated carbocycles. The van der Waals surface area contributed by atoms with Crippen LogP contribution in [-0.2, 0) is 0 Å². The van der Waals surface area contributed by atoms with Crippen LogP contribution in [0.4, 0.5) is 14.5 Å². The number of nitrogens with one attached hydrogen (secondary N) is 1. The fourth-order valence-corrected chi connectivity index (χ4v) is 1.20. The third-order valence-corrected chi connectivity index (χ3v) is 2.03. The Morgan fingerprint density at radius 1 is 1.38 bits per heavy atom. The average Bonchev–Trinajstić information content (AvgIpc) is 2.27. The molecule has 1 aromatic carbocycles. The highest BCUT2D eigenvalue weighted by Crippen LogP contribution is 2.18. The number of rotatable bonds is 5. The van der Waals surface area contributed by atoms with E-state index in [9.17, 15) is 8.78 Å². The minimum Gasteiger partial charge on any atom is -0.435 e. The van der Waals surface area contributed by atoms with Crippen molar-refractivity contribution >= 4 is 5.69 Å². The maximum atomic E-state index is 11.9. The van der Waals surface area contributed by atoms with Gasteiger partial charge in [0.25, 0.3) is 0 Å². The lowest BCUT2D eigenvalue weighted by molar-refractivity contribution is -0.0498. The molecule has 2 nitrogen and oxygen atoms in total. The number of halogens is 2. The predicted molar refractivity (Wildman–Crippen MR) is 59.6 cm³/mol. The summed E-state index contributed by atoms with van der Waals surface area (Å²) in [5.74, 6) is 2.72. The minimum atomic E-state index is -2.80. The summed E-state index contributed by atoms with van der Waals surface area (Å²) in [5.41, 5.74) is 0.784. The van der Waals surface area contributed by atoms with Crippen molar-refractivity contribution in [2.24, 2.45) is 0 Å². The maximum Gasteiger partial charge on any atom is 0.387 e. The van der Waals surface area contributed by atoms with Gasteiger partial charge in [-0.25, -0.2) is 0 Å². The molecular formula is C12H13F2NO. The quantitative estimate of drug-likeness (QED) is 0.777. The number of ether oxygens (including phenoxy) is 1. The first-order valence-corrected chi connectivity index (χ1v) is 4.93. The van der Waals surface area contributed by atoms with Gasteiger partial charge in [-0.15, -0.1) is 6.42 Å². The molecule has 0 spiro atoms. The van der Waals surface area contributed by atoms with E-state index in [4.69, 9.17) is 6.42 Å². The van der Waals surface area contributed by atoms with Gasteiger partial charge in [0.2, 0.25) is 0 Å². The molecule has 0 bridgehead atoms. The van der Waals surface area contributed by atoms with Gasteiger partial charge in [0.05, 0.1) is 6.04 Å². The second kappa shape index (κ2) is 5.96. The standard InChI is InChI=1S/C12H13F2NO/c1-3-9(4-2)15-10-5-7-11(8-6-10)16-12(13)14/h1,5-9,12,15H,4H2,2H3. The van der Waals surface area contributed by atoms with E-state index in [1.165, 1.54) is 12.1 Å². The highest BCUT2D eigenvalue weighted by atomic mass is 19.3. The van der Waals surface area contributed by atoms with E-state index in [-0.39, 0.29) is 11.8 Å². The maximum absolute atomic E-state index is 11.9. The van der Waals surface area contributed by atoms with E-state index in [2.05, 4.69) is 16.0 Å². The van der Waals surface area contributed by atoms with Crippen LogP contribution in [-0.4, -0.2) is 12.7 Å². The van der Waals surface area contributed by atoms with Gasteiger partial charge in [-0.1, -0.05) is 12.8 Å². The fraction of sp³-hybridized carbons (Fsp3) is 0.333. The minimum absolute atomic E-state index is 0.0538. The molecule has 0 aromatic heterocycles. The molecule has 0 aliphatic carbocycles. The molecule has 0 amide bonds. The SMILES string of the molecule is C#CC(CC)Nc1ccc(OC(F)F)cc1. The molecule has 0 radical (unpaired) electrons. The average molecular weight is 225 g/mol. The number of hydrogen-bond donors (Lipinski definition) is 1. The lowest BCUT2D eigenvalue weighted by atomic mass is 10.2. The molecule has 0 aliphatic heterocycles. The second-order valence-corrected chi connectivity index (χ2v) is 3.17. The van der Waals surface area contributed by atoms with Gasteiger partial charge >= 0.3 is 6.61 Å². The van der Waals surface area contributed by atoms with E-state index in [1.807, 2.05) is 6.92 Å². The van der Waals surface area contributed by atoms with Crippen LogP contribution in [0, 0.1) is 12.3 Å². The molecule has 1 rings (SSSR count). The van der Waals surface area contributed by atoms with Crippen molar-refractivity contribution in [2.45, 2.75) is 26.0 Å². The van der Waals surface area contributed by atoms with Crippen LogP contribution in [0.5, 0.6) is 5.75 Å². The van der Waals surface area contributed by atoms with Crippen molar-refractivity contribution in [2.75, 3.05) is 5.32 Å². The van der Waals surface area contributed by atoms with Crippen molar-refractivity contribution in [3.8, 4) is 18.1 Å². The zero-order chi connectivity index (χ0) is 12.0. The zero-order valence-corrected chi connectivity index (χ0v) is 8.91. The summed E-state index contributed by atoms with van der Waals surface area (Å²) < 4.78 is 28.0. The molecule has 0 saturated heterocycles. The smallest absolute Gasteiger partial charge is 0.387 e. The van der Waals surface area contributed by atoms with Crippen molar-refractivity contribution in [1.29, 1.82) is 0 Å². The normalized spacial score (nSPS) is 11.9. The van der Waals surface area contributed by atoms with Gasteiger partial charge in [-0.2, -0.15) is 8.78 Å². The molecule has 1 atom stereocenters. The lowest BCUT2D eigenvalue weighted by Crippen LogP contribution is -2.15. The van der Waals surface area contributed by atoms with Crippen molar-refractivity contribution < 1.29 is 13.5 Å². The van der Waals surface area contributed by atoms with Crippen molar-refractivity contribution in [1.82, 2.24) is 0 Å². The molecular weight excluding hydrogens is 212 g/mol. The summed E-state index contributed by atoms with van der Waals surface area (Å²) in [6.07, 6.45) is 6.09. The van der Waals surface area contributed by atoms with Crippen LogP contribution in [0.2, 0.25) is 0 Å². The van der Waals surface area contributed by atoms with Crippen LogP contribution in [0.3, 0.4) is 0 Å². The monoisotopic (exact) mass is 225 g/mol. The number of alkyl halides is 2. The summed E-state index contributed by atoms with van der Waals surface area (Å²) in [7, 11) is 0. The Hall–Kier alpha value is -1.76. The van der Waals surface area contributed by atoms with Gasteiger partial charge < -0.3 is 10.1 Å². The molecule has 4 heteroatoms. The Labute approximate surface area is 93.6 Å². The van der Waals surface area contributed by atoms with E-state index in [0.29, 0.717) is 0 Å². The summed E-state index contributed by atoms with van der Waals surface area (Å²) in [4.78, 5) is 0. The molecule has 1 aromatic rings. The lowest BCUT2D eigenvalue weighted by Gasteiger charge is -2.12. The van der Waals surface area contributed by atoms with E-state index >= 15 is 0 Å². The van der Waals surface area contributed by atoms with Gasteiger partial charge in [-0.3, -0.25) is 0 Å². The van der Waals surface area contributed by atoms with Gasteiger partial charge in [0.1, 0.15) is 5.75 Å². The first kappa shape index (κ1) is 12.3. The van der Waals surface area contributed by atoms with Crippen molar-refractivity contribution in [3.05, 3.63) is 24.3 Å². The van der Waals surface area contributed by atoms with Crippen LogP contribution in [0.1, 0.15) is 13.3 Å². The molecule has 0 heterocycles. The fourth-order valence-electron chi connectivity index (χ4n) is 1.20. The first-order chi connectivity index (χ1) is 7.65. The molecule has 1 unspecified atom stereocenters. The van der Waals surface area contributed by atoms with Gasteiger partial charge in [-0.05, 0) is 30.7 Å². The third-order valence-electron chi connectivity index (χ3n) is 2.03. The highest BCUT2D eigenvalue weighted by Gasteiger charge is 2.05. The number of hydrogen-bond acceptors (Lipinski definition) is 2. The van der Waals surface area contributed by atoms with Crippen LogP contribution >= 0.6 is 0 Å². The van der Waals surface area contributed by atoms with Crippen molar-refractivity contribution in [3.63, 3.8) is 0 Å². The number of anilines is 1. The molecule has 0 fully saturated rings. The van der Waals surface area contributed by atoms with Crippen LogP contribution in [0.15, 0.2) is 24.3 Å². The summed E-state index contributed by atoms with van der Waals surface area (Å²) in [6.45, 7) is -0.834. The molecule has 86 valence electrons. The second-order valence-electron chi connectivity index (χ2n) is 3.17. The Morgan fingerprint density at radius 2 is 2.00 bits per heavy atom. The summed E-state index contributed by atoms with van der Waals surface area (Å²) in [5, 5.41) is 3.08. The predicted octanol–water partition coefficient (Wildman–Crippen LogP) is 3.11. The highest BCUT2D eigenvalue weighted by molar-refractivity contribution is 5.48. The van der Waals surface area contributed by atoms with E-state index < -0.39 is 6.61 Å². The Balaban J connectivity index is 2.61. The Morgan fingerprint density at radius 3 is 2.44 bits per heavy atom. The third kappa shape index (κ3) is 3.77.